The maximum atomic E-state index is 4.70. The highest BCUT2D eigenvalue weighted by Crippen LogP contribution is 2.41. The summed E-state index contributed by atoms with van der Waals surface area (Å²) in [6, 6.07) is 8.54. The van der Waals surface area contributed by atoms with Crippen LogP contribution >= 0.6 is 23.3 Å². The molecule has 2 aliphatic rings. The number of nitrogens with zero attached hydrogens (tertiary/aromatic N) is 6. The van der Waals surface area contributed by atoms with Gasteiger partial charge in [0.05, 0.1) is 5.69 Å². The normalized spacial score (nSPS) is 17.2. The molecular formula is C18H20N6S2. The van der Waals surface area contributed by atoms with Gasteiger partial charge in [-0.15, -0.1) is 10.2 Å². The van der Waals surface area contributed by atoms with Crippen LogP contribution in [0.5, 0.6) is 0 Å². The van der Waals surface area contributed by atoms with Crippen LogP contribution in [0, 0.1) is 6.92 Å². The second-order valence-electron chi connectivity index (χ2n) is 6.94. The van der Waals surface area contributed by atoms with Crippen LogP contribution in [-0.2, 0) is 0 Å². The number of aromatic nitrogens is 5. The maximum absolute atomic E-state index is 4.70. The quantitative estimate of drug-likeness (QED) is 0.661. The van der Waals surface area contributed by atoms with Gasteiger partial charge in [0.15, 0.2) is 4.34 Å². The van der Waals surface area contributed by atoms with Gasteiger partial charge in [0.2, 0.25) is 11.1 Å². The Morgan fingerprint density at radius 1 is 1.08 bits per heavy atom. The molecule has 0 N–H and O–H groups in total. The molecule has 2 fully saturated rings. The van der Waals surface area contributed by atoms with Crippen molar-refractivity contribution in [2.24, 2.45) is 0 Å². The van der Waals surface area contributed by atoms with E-state index in [1.165, 1.54) is 42.8 Å². The molecule has 1 saturated heterocycles. The molecule has 1 aliphatic carbocycles. The van der Waals surface area contributed by atoms with Crippen molar-refractivity contribution in [1.82, 2.24) is 24.1 Å². The van der Waals surface area contributed by atoms with Crippen molar-refractivity contribution in [2.75, 3.05) is 18.0 Å². The van der Waals surface area contributed by atoms with Crippen LogP contribution in [-0.4, -0.2) is 37.2 Å². The van der Waals surface area contributed by atoms with E-state index in [-0.39, 0.29) is 0 Å². The third kappa shape index (κ3) is 3.12. The van der Waals surface area contributed by atoms with Gasteiger partial charge in [0.25, 0.3) is 0 Å². The molecule has 8 heteroatoms. The molecule has 3 aromatic rings. The van der Waals surface area contributed by atoms with Crippen molar-refractivity contribution in [3.05, 3.63) is 35.7 Å². The predicted molar refractivity (Wildman–Crippen MR) is 104 cm³/mol. The van der Waals surface area contributed by atoms with Crippen molar-refractivity contribution in [3.63, 3.8) is 0 Å². The zero-order valence-corrected chi connectivity index (χ0v) is 16.3. The second kappa shape index (κ2) is 6.66. The molecule has 134 valence electrons. The summed E-state index contributed by atoms with van der Waals surface area (Å²) in [6.07, 6.45) is 4.87. The highest BCUT2D eigenvalue weighted by molar-refractivity contribution is 8.00. The Hall–Kier alpha value is -1.93. The molecule has 1 aliphatic heterocycles. The van der Waals surface area contributed by atoms with Crippen LogP contribution in [0.2, 0.25) is 0 Å². The van der Waals surface area contributed by atoms with E-state index in [9.17, 15) is 0 Å². The van der Waals surface area contributed by atoms with E-state index in [4.69, 9.17) is 4.98 Å². The van der Waals surface area contributed by atoms with E-state index >= 15 is 0 Å². The Bertz CT molecular complexity index is 906. The van der Waals surface area contributed by atoms with E-state index in [0.29, 0.717) is 5.92 Å². The summed E-state index contributed by atoms with van der Waals surface area (Å²) < 4.78 is 7.62. The second-order valence-corrected chi connectivity index (χ2v) is 8.91. The first-order valence-corrected chi connectivity index (χ1v) is 10.7. The number of aryl methyl sites for hydroxylation is 1. The molecule has 1 saturated carbocycles. The molecule has 26 heavy (non-hydrogen) atoms. The summed E-state index contributed by atoms with van der Waals surface area (Å²) in [5.74, 6) is 2.51. The van der Waals surface area contributed by atoms with E-state index in [1.807, 2.05) is 0 Å². The summed E-state index contributed by atoms with van der Waals surface area (Å²) in [7, 11) is 0. The van der Waals surface area contributed by atoms with E-state index in [2.05, 4.69) is 55.2 Å². The van der Waals surface area contributed by atoms with Crippen LogP contribution in [0.1, 0.15) is 43.0 Å². The van der Waals surface area contributed by atoms with E-state index in [0.717, 1.165) is 40.0 Å². The lowest BCUT2D eigenvalue weighted by Crippen LogP contribution is -2.22. The van der Waals surface area contributed by atoms with Crippen molar-refractivity contribution in [2.45, 2.75) is 48.0 Å². The van der Waals surface area contributed by atoms with Crippen molar-refractivity contribution >= 4 is 29.2 Å². The van der Waals surface area contributed by atoms with Gasteiger partial charge >= 0.3 is 0 Å². The fraction of sp³-hybridized carbons (Fsp3) is 0.444. The SMILES string of the molecule is Cc1ccc(-n2c(Sc3nc(C4CC4)ns3)nnc2N2CCCC2)cc1. The van der Waals surface area contributed by atoms with Gasteiger partial charge in [0.1, 0.15) is 5.82 Å². The molecule has 5 rings (SSSR count). The molecule has 0 bridgehead atoms. The molecule has 6 nitrogen and oxygen atoms in total. The van der Waals surface area contributed by atoms with Crippen LogP contribution in [0.3, 0.4) is 0 Å². The largest absolute Gasteiger partial charge is 0.341 e. The Labute approximate surface area is 160 Å². The molecule has 0 atom stereocenters. The Morgan fingerprint density at radius 2 is 1.85 bits per heavy atom. The lowest BCUT2D eigenvalue weighted by Gasteiger charge is -2.18. The molecular weight excluding hydrogens is 364 g/mol. The highest BCUT2D eigenvalue weighted by atomic mass is 32.2. The summed E-state index contributed by atoms with van der Waals surface area (Å²) in [6.45, 7) is 4.19. The standard InChI is InChI=1S/C18H20N6S2/c1-12-4-8-14(9-5-12)24-16(23-10-2-3-11-23)20-21-17(24)25-18-19-15(22-26-18)13-6-7-13/h4-5,8-9,13H,2-3,6-7,10-11H2,1H3. The van der Waals surface area contributed by atoms with Crippen LogP contribution in [0.15, 0.2) is 33.8 Å². The monoisotopic (exact) mass is 384 g/mol. The van der Waals surface area contributed by atoms with Gasteiger partial charge in [-0.2, -0.15) is 4.37 Å². The third-order valence-electron chi connectivity index (χ3n) is 4.84. The third-order valence-corrected chi connectivity index (χ3v) is 6.55. The Kier molecular flexibility index (Phi) is 4.17. The zero-order valence-electron chi connectivity index (χ0n) is 14.6. The number of hydrogen-bond acceptors (Lipinski definition) is 7. The molecule has 0 amide bonds. The van der Waals surface area contributed by atoms with Gasteiger partial charge in [-0.3, -0.25) is 4.57 Å². The summed E-state index contributed by atoms with van der Waals surface area (Å²) >= 11 is 3.03. The highest BCUT2D eigenvalue weighted by Gasteiger charge is 2.29. The fourth-order valence-electron chi connectivity index (χ4n) is 3.22. The zero-order chi connectivity index (χ0) is 17.5. The van der Waals surface area contributed by atoms with Gasteiger partial charge in [0, 0.05) is 19.0 Å². The van der Waals surface area contributed by atoms with E-state index < -0.39 is 0 Å². The number of rotatable bonds is 5. The Morgan fingerprint density at radius 3 is 2.58 bits per heavy atom. The van der Waals surface area contributed by atoms with Crippen LogP contribution in [0.25, 0.3) is 5.69 Å². The molecule has 0 unspecified atom stereocenters. The molecule has 0 spiro atoms. The summed E-state index contributed by atoms with van der Waals surface area (Å²) in [5, 5.41) is 9.88. The predicted octanol–water partition coefficient (Wildman–Crippen LogP) is 4.06. The summed E-state index contributed by atoms with van der Waals surface area (Å²) in [5.41, 5.74) is 2.34. The first kappa shape index (κ1) is 16.3. The minimum absolute atomic E-state index is 0.579. The van der Waals surface area contributed by atoms with Crippen LogP contribution in [0.4, 0.5) is 5.95 Å². The molecule has 1 aromatic carbocycles. The van der Waals surface area contributed by atoms with Gasteiger partial charge in [-0.05, 0) is 68.0 Å². The topological polar surface area (TPSA) is 59.7 Å². The summed E-state index contributed by atoms with van der Waals surface area (Å²) in [4.78, 5) is 7.02. The number of hydrogen-bond donors (Lipinski definition) is 0. The maximum Gasteiger partial charge on any atom is 0.232 e. The molecule has 3 heterocycles. The minimum Gasteiger partial charge on any atom is -0.341 e. The lowest BCUT2D eigenvalue weighted by molar-refractivity contribution is 0.840. The minimum atomic E-state index is 0.579. The van der Waals surface area contributed by atoms with Crippen molar-refractivity contribution in [3.8, 4) is 5.69 Å². The molecule has 0 radical (unpaired) electrons. The van der Waals surface area contributed by atoms with Crippen LogP contribution < -0.4 is 4.90 Å². The van der Waals surface area contributed by atoms with Gasteiger partial charge in [-0.25, -0.2) is 4.98 Å². The van der Waals surface area contributed by atoms with Gasteiger partial charge in [-0.1, -0.05) is 17.7 Å². The average Bonchev–Trinajstić information content (AvgIpc) is 3.04. The fourth-order valence-corrected chi connectivity index (χ4v) is 4.85. The first-order chi connectivity index (χ1) is 12.8. The average molecular weight is 385 g/mol. The van der Waals surface area contributed by atoms with Crippen molar-refractivity contribution < 1.29 is 0 Å². The molecule has 2 aromatic heterocycles. The number of anilines is 1. The van der Waals surface area contributed by atoms with Crippen molar-refractivity contribution in [1.29, 1.82) is 0 Å². The first-order valence-electron chi connectivity index (χ1n) is 9.07. The number of benzene rings is 1. The van der Waals surface area contributed by atoms with Gasteiger partial charge < -0.3 is 4.90 Å². The van der Waals surface area contributed by atoms with E-state index in [1.54, 1.807) is 11.8 Å². The Balaban J connectivity index is 1.51. The smallest absolute Gasteiger partial charge is 0.232 e. The lowest BCUT2D eigenvalue weighted by atomic mass is 10.2.